The molecule has 0 fully saturated rings. The van der Waals surface area contributed by atoms with E-state index in [1.165, 1.54) is 28.6 Å². The lowest BCUT2D eigenvalue weighted by Crippen LogP contribution is -2.29. The van der Waals surface area contributed by atoms with Crippen molar-refractivity contribution >= 4 is 44.4 Å². The number of ketones is 1. The van der Waals surface area contributed by atoms with Crippen LogP contribution in [0.3, 0.4) is 0 Å². The number of sulfonamides is 1. The summed E-state index contributed by atoms with van der Waals surface area (Å²) in [5.74, 6) is -0.952. The Hall–Kier alpha value is -4.17. The Bertz CT molecular complexity index is 1620. The summed E-state index contributed by atoms with van der Waals surface area (Å²) in [4.78, 5) is 28.2. The molecular weight excluding hydrogens is 488 g/mol. The van der Waals surface area contributed by atoms with Crippen LogP contribution in [0.2, 0.25) is 0 Å². The van der Waals surface area contributed by atoms with Crippen molar-refractivity contribution in [2.45, 2.75) is 24.7 Å². The molecule has 0 atom stereocenters. The fourth-order valence-electron chi connectivity index (χ4n) is 4.61. The highest BCUT2D eigenvalue weighted by atomic mass is 32.2. The van der Waals surface area contributed by atoms with Gasteiger partial charge in [-0.3, -0.25) is 9.10 Å². The summed E-state index contributed by atoms with van der Waals surface area (Å²) in [5, 5.41) is 0.809. The Morgan fingerprint density at radius 1 is 1.03 bits per heavy atom. The first kappa shape index (κ1) is 24.5. The number of H-pyrrole nitrogens is 1. The van der Waals surface area contributed by atoms with E-state index in [4.69, 9.17) is 4.74 Å². The minimum atomic E-state index is -3.68. The van der Waals surface area contributed by atoms with Crippen LogP contribution in [-0.4, -0.2) is 38.3 Å². The van der Waals surface area contributed by atoms with E-state index in [0.717, 1.165) is 28.5 Å². The molecule has 0 bridgehead atoms. The lowest BCUT2D eigenvalue weighted by atomic mass is 10.1. The van der Waals surface area contributed by atoms with E-state index in [9.17, 15) is 18.0 Å². The number of nitrogens with one attached hydrogen (secondary N) is 1. The Labute approximate surface area is 215 Å². The molecule has 188 valence electrons. The van der Waals surface area contributed by atoms with Crippen LogP contribution in [0.25, 0.3) is 17.0 Å². The van der Waals surface area contributed by atoms with E-state index in [-0.39, 0.29) is 17.3 Å². The number of aromatic nitrogens is 1. The number of anilines is 1. The second-order valence-electron chi connectivity index (χ2n) is 8.78. The predicted octanol–water partition coefficient (Wildman–Crippen LogP) is 4.92. The highest BCUT2D eigenvalue weighted by molar-refractivity contribution is 7.92. The maximum Gasteiger partial charge on any atom is 0.331 e. The molecule has 7 nitrogen and oxygen atoms in total. The summed E-state index contributed by atoms with van der Waals surface area (Å²) < 4.78 is 32.8. The zero-order chi connectivity index (χ0) is 26.0. The maximum atomic E-state index is 13.1. The largest absolute Gasteiger partial charge is 0.454 e. The number of hydrogen-bond donors (Lipinski definition) is 1. The van der Waals surface area contributed by atoms with E-state index >= 15 is 0 Å². The molecule has 5 rings (SSSR count). The molecule has 2 heterocycles. The van der Waals surface area contributed by atoms with Crippen molar-refractivity contribution in [1.29, 1.82) is 0 Å². The van der Waals surface area contributed by atoms with Gasteiger partial charge in [0.15, 0.2) is 6.61 Å². The lowest BCUT2D eigenvalue weighted by Gasteiger charge is -2.19. The van der Waals surface area contributed by atoms with Crippen molar-refractivity contribution in [2.24, 2.45) is 0 Å². The molecule has 0 spiro atoms. The van der Waals surface area contributed by atoms with Crippen LogP contribution < -0.4 is 4.31 Å². The summed E-state index contributed by atoms with van der Waals surface area (Å²) in [5.41, 5.74) is 4.87. The van der Waals surface area contributed by atoms with Crippen LogP contribution in [0.4, 0.5) is 5.69 Å². The fourth-order valence-corrected chi connectivity index (χ4v) is 6.11. The number of Topliss-reactive ketones (excluding diaryl/α,β-unsaturated/α-hetero) is 1. The van der Waals surface area contributed by atoms with Crippen molar-refractivity contribution in [3.63, 3.8) is 0 Å². The molecule has 0 radical (unpaired) electrons. The Kier molecular flexibility index (Phi) is 6.67. The van der Waals surface area contributed by atoms with Gasteiger partial charge < -0.3 is 9.72 Å². The highest BCUT2D eigenvalue weighted by Gasteiger charge is 2.30. The molecule has 4 aromatic rings. The zero-order valence-electron chi connectivity index (χ0n) is 20.3. The molecule has 1 aliphatic rings. The number of carbonyl (C=O) groups is 2. The van der Waals surface area contributed by atoms with Crippen molar-refractivity contribution in [1.82, 2.24) is 4.98 Å². The maximum absolute atomic E-state index is 13.1. The number of para-hydroxylation sites is 2. The molecular formula is C29H26N2O5S. The Balaban J connectivity index is 1.21. The smallest absolute Gasteiger partial charge is 0.331 e. The van der Waals surface area contributed by atoms with Gasteiger partial charge in [0.05, 0.1) is 10.6 Å². The van der Waals surface area contributed by atoms with Gasteiger partial charge >= 0.3 is 5.97 Å². The average Bonchev–Trinajstić information content (AvgIpc) is 3.56. The molecule has 0 unspecified atom stereocenters. The monoisotopic (exact) mass is 514 g/mol. The number of aryl methyl sites for hydroxylation is 1. The summed E-state index contributed by atoms with van der Waals surface area (Å²) >= 11 is 0. The van der Waals surface area contributed by atoms with Gasteiger partial charge in [-0.25, -0.2) is 13.2 Å². The van der Waals surface area contributed by atoms with E-state index in [2.05, 4.69) is 4.98 Å². The van der Waals surface area contributed by atoms with Crippen molar-refractivity contribution < 1.29 is 22.7 Å². The third kappa shape index (κ3) is 4.80. The van der Waals surface area contributed by atoms with Crippen molar-refractivity contribution in [2.75, 3.05) is 17.5 Å². The molecule has 3 aromatic carbocycles. The Morgan fingerprint density at radius 3 is 2.59 bits per heavy atom. The first-order valence-corrected chi connectivity index (χ1v) is 13.5. The molecule has 0 aliphatic carbocycles. The number of fused-ring (bicyclic) bond motifs is 2. The SMILES string of the molecule is CCc1cccc2c(C(=O)COC(=O)/C=C/c3ccc(S(=O)(=O)N4CCc5ccccc54)cc3)c[nH]c12. The van der Waals surface area contributed by atoms with Crippen LogP contribution in [0.15, 0.2) is 83.9 Å². The lowest BCUT2D eigenvalue weighted by molar-refractivity contribution is -0.136. The van der Waals surface area contributed by atoms with Crippen LogP contribution in [0.5, 0.6) is 0 Å². The van der Waals surface area contributed by atoms with Crippen molar-refractivity contribution in [3.8, 4) is 0 Å². The normalized spacial score (nSPS) is 13.3. The second kappa shape index (κ2) is 10.1. The molecule has 0 amide bonds. The molecule has 37 heavy (non-hydrogen) atoms. The molecule has 0 saturated heterocycles. The van der Waals surface area contributed by atoms with Crippen LogP contribution in [-0.2, 0) is 32.4 Å². The number of nitrogens with zero attached hydrogens (tertiary/aromatic N) is 1. The first-order chi connectivity index (χ1) is 17.9. The zero-order valence-corrected chi connectivity index (χ0v) is 21.1. The molecule has 0 saturated carbocycles. The van der Waals surface area contributed by atoms with E-state index in [0.29, 0.717) is 29.8 Å². The number of aromatic amines is 1. The predicted molar refractivity (Wildman–Crippen MR) is 143 cm³/mol. The van der Waals surface area contributed by atoms with Crippen LogP contribution in [0.1, 0.15) is 34.0 Å². The summed E-state index contributed by atoms with van der Waals surface area (Å²) in [6.45, 7) is 2.08. The first-order valence-electron chi connectivity index (χ1n) is 12.1. The average molecular weight is 515 g/mol. The number of rotatable bonds is 8. The number of benzene rings is 3. The molecule has 1 N–H and O–H groups in total. The number of esters is 1. The van der Waals surface area contributed by atoms with Crippen LogP contribution >= 0.6 is 0 Å². The molecule has 1 aliphatic heterocycles. The van der Waals surface area contributed by atoms with Gasteiger partial charge in [0, 0.05) is 35.3 Å². The molecule has 1 aromatic heterocycles. The third-order valence-electron chi connectivity index (χ3n) is 6.55. The number of ether oxygens (including phenoxy) is 1. The summed E-state index contributed by atoms with van der Waals surface area (Å²) in [6.07, 6.45) is 5.91. The highest BCUT2D eigenvalue weighted by Crippen LogP contribution is 2.32. The van der Waals surface area contributed by atoms with Crippen LogP contribution in [0, 0.1) is 0 Å². The van der Waals surface area contributed by atoms with E-state index in [1.54, 1.807) is 18.3 Å². The van der Waals surface area contributed by atoms with Crippen molar-refractivity contribution in [3.05, 3.63) is 101 Å². The second-order valence-corrected chi connectivity index (χ2v) is 10.6. The minimum Gasteiger partial charge on any atom is -0.454 e. The molecule has 8 heteroatoms. The summed E-state index contributed by atoms with van der Waals surface area (Å²) in [7, 11) is -3.68. The van der Waals surface area contributed by atoms with Gasteiger partial charge in [0.1, 0.15) is 0 Å². The van der Waals surface area contributed by atoms with Gasteiger partial charge in [-0.2, -0.15) is 0 Å². The fraction of sp³-hybridized carbons (Fsp3) is 0.172. The van der Waals surface area contributed by atoms with E-state index in [1.807, 2.05) is 49.4 Å². The standard InChI is InChI=1S/C29H26N2O5S/c1-2-21-7-5-8-24-25(18-30-29(21)24)27(32)19-36-28(33)15-12-20-10-13-23(14-11-20)37(34,35)31-17-16-22-6-3-4-9-26(22)31/h3-15,18,30H,2,16-17,19H2,1H3/b15-12+. The summed E-state index contributed by atoms with van der Waals surface area (Å²) in [6, 6.07) is 19.6. The van der Waals surface area contributed by atoms with Gasteiger partial charge in [0.2, 0.25) is 5.78 Å². The van der Waals surface area contributed by atoms with Gasteiger partial charge in [-0.05, 0) is 53.8 Å². The topological polar surface area (TPSA) is 96.5 Å². The third-order valence-corrected chi connectivity index (χ3v) is 8.38. The van der Waals surface area contributed by atoms with Gasteiger partial charge in [0.25, 0.3) is 10.0 Å². The quantitative estimate of drug-likeness (QED) is 0.205. The minimum absolute atomic E-state index is 0.180. The number of hydrogen-bond acceptors (Lipinski definition) is 5. The van der Waals surface area contributed by atoms with Gasteiger partial charge in [-0.1, -0.05) is 55.5 Å². The van der Waals surface area contributed by atoms with E-state index < -0.39 is 16.0 Å². The van der Waals surface area contributed by atoms with Gasteiger partial charge in [-0.15, -0.1) is 0 Å². The number of carbonyl (C=O) groups excluding carboxylic acids is 2. The Morgan fingerprint density at radius 2 is 1.81 bits per heavy atom.